The Balaban J connectivity index is 1.69. The highest BCUT2D eigenvalue weighted by molar-refractivity contribution is 4.93. The van der Waals surface area contributed by atoms with Crippen LogP contribution in [0.1, 0.15) is 44.5 Å². The maximum atomic E-state index is 5.95. The van der Waals surface area contributed by atoms with E-state index in [0.29, 0.717) is 24.2 Å². The van der Waals surface area contributed by atoms with E-state index in [-0.39, 0.29) is 12.2 Å². The molecule has 0 unspecified atom stereocenters. The lowest BCUT2D eigenvalue weighted by molar-refractivity contribution is -0.0925. The first-order valence-corrected chi connectivity index (χ1v) is 8.05. The maximum absolute atomic E-state index is 5.95. The number of hydrogen-bond donors (Lipinski definition) is 0. The molecule has 1 aliphatic rings. The van der Waals surface area contributed by atoms with E-state index in [4.69, 9.17) is 9.15 Å². The van der Waals surface area contributed by atoms with E-state index in [1.165, 1.54) is 0 Å². The van der Waals surface area contributed by atoms with Crippen molar-refractivity contribution in [1.82, 2.24) is 29.9 Å². The first-order valence-electron chi connectivity index (χ1n) is 8.05. The molecule has 1 aliphatic heterocycles. The molecule has 126 valence electrons. The quantitative estimate of drug-likeness (QED) is 0.827. The summed E-state index contributed by atoms with van der Waals surface area (Å²) >= 11 is 0. The lowest BCUT2D eigenvalue weighted by atomic mass is 10.2. The van der Waals surface area contributed by atoms with E-state index >= 15 is 0 Å². The van der Waals surface area contributed by atoms with Crippen molar-refractivity contribution in [3.05, 3.63) is 23.9 Å². The number of aromatic nitrogens is 5. The molecule has 0 saturated carbocycles. The zero-order valence-electron chi connectivity index (χ0n) is 14.1. The smallest absolute Gasteiger partial charge is 0.246 e. The summed E-state index contributed by atoms with van der Waals surface area (Å²) in [7, 11) is 0. The molecule has 0 aliphatic carbocycles. The number of hydrogen-bond acceptors (Lipinski definition) is 7. The van der Waals surface area contributed by atoms with Gasteiger partial charge in [0.1, 0.15) is 18.3 Å². The zero-order valence-corrected chi connectivity index (χ0v) is 14.1. The predicted octanol–water partition coefficient (Wildman–Crippen LogP) is 1.59. The summed E-state index contributed by atoms with van der Waals surface area (Å²) in [4.78, 5) is 6.71. The minimum absolute atomic E-state index is 0.0995. The van der Waals surface area contributed by atoms with E-state index in [1.54, 1.807) is 13.3 Å². The van der Waals surface area contributed by atoms with Gasteiger partial charge < -0.3 is 9.15 Å². The summed E-state index contributed by atoms with van der Waals surface area (Å²) in [6.45, 7) is 11.4. The van der Waals surface area contributed by atoms with E-state index < -0.39 is 0 Å². The van der Waals surface area contributed by atoms with Gasteiger partial charge in [-0.2, -0.15) is 5.10 Å². The molecule has 0 radical (unpaired) electrons. The number of nitrogens with zero attached hydrogens (tertiary/aromatic N) is 6. The van der Waals surface area contributed by atoms with Crippen molar-refractivity contribution in [1.29, 1.82) is 0 Å². The minimum Gasteiger partial charge on any atom is -0.423 e. The molecule has 8 heteroatoms. The highest BCUT2D eigenvalue weighted by Gasteiger charge is 2.30. The van der Waals surface area contributed by atoms with Crippen LogP contribution in [0.5, 0.6) is 0 Å². The van der Waals surface area contributed by atoms with Gasteiger partial charge in [-0.25, -0.2) is 9.67 Å². The third-order valence-corrected chi connectivity index (χ3v) is 3.75. The largest absolute Gasteiger partial charge is 0.423 e. The van der Waals surface area contributed by atoms with Gasteiger partial charge in [0.2, 0.25) is 11.8 Å². The molecule has 0 N–H and O–H groups in total. The van der Waals surface area contributed by atoms with Crippen LogP contribution in [-0.2, 0) is 17.8 Å². The van der Waals surface area contributed by atoms with E-state index in [0.717, 1.165) is 25.5 Å². The van der Waals surface area contributed by atoms with Gasteiger partial charge in [-0.1, -0.05) is 13.8 Å². The second kappa shape index (κ2) is 6.76. The molecule has 1 saturated heterocycles. The molecule has 0 amide bonds. The third kappa shape index (κ3) is 3.94. The molecule has 0 bridgehead atoms. The lowest BCUT2D eigenvalue weighted by Crippen LogP contribution is -2.43. The fraction of sp³-hybridized carbons (Fsp3) is 0.733. The van der Waals surface area contributed by atoms with Gasteiger partial charge in [0.25, 0.3) is 0 Å². The fourth-order valence-electron chi connectivity index (χ4n) is 2.86. The fourth-order valence-corrected chi connectivity index (χ4v) is 2.86. The second-order valence-corrected chi connectivity index (χ2v) is 6.54. The summed E-state index contributed by atoms with van der Waals surface area (Å²) in [5.74, 6) is 2.62. The molecule has 0 spiro atoms. The monoisotopic (exact) mass is 320 g/mol. The van der Waals surface area contributed by atoms with Crippen LogP contribution < -0.4 is 0 Å². The van der Waals surface area contributed by atoms with Gasteiger partial charge >= 0.3 is 0 Å². The highest BCUT2D eigenvalue weighted by Crippen LogP contribution is 2.25. The maximum Gasteiger partial charge on any atom is 0.246 e. The first-order chi connectivity index (χ1) is 11.0. The Hall–Kier alpha value is -1.80. The van der Waals surface area contributed by atoms with Crippen molar-refractivity contribution in [2.24, 2.45) is 5.92 Å². The second-order valence-electron chi connectivity index (χ2n) is 6.54. The zero-order chi connectivity index (χ0) is 16.4. The summed E-state index contributed by atoms with van der Waals surface area (Å²) in [6, 6.07) is 0. The molecule has 2 aromatic heterocycles. The Morgan fingerprint density at radius 3 is 2.83 bits per heavy atom. The normalized spacial score (nSPS) is 22.8. The molecule has 3 heterocycles. The Morgan fingerprint density at radius 2 is 2.13 bits per heavy atom. The van der Waals surface area contributed by atoms with Gasteiger partial charge in [0.05, 0.1) is 12.6 Å². The van der Waals surface area contributed by atoms with Crippen LogP contribution in [0.15, 0.2) is 10.7 Å². The van der Waals surface area contributed by atoms with Gasteiger partial charge in [-0.05, 0) is 12.8 Å². The van der Waals surface area contributed by atoms with Crippen LogP contribution in [0.3, 0.4) is 0 Å². The standard InChI is InChI=1S/C15H24N6O2/c1-10(2)5-21-14(16-9-17-21)8-20-6-11(3)22-13(7-20)15-19-18-12(4)23-15/h9-11,13H,5-8H2,1-4H3/t11-,13-/m1/s1. The minimum atomic E-state index is -0.193. The molecule has 0 aromatic carbocycles. The van der Waals surface area contributed by atoms with Gasteiger partial charge in [0, 0.05) is 26.6 Å². The Labute approximate surface area is 135 Å². The summed E-state index contributed by atoms with van der Waals surface area (Å²) < 4.78 is 13.5. The molecule has 8 nitrogen and oxygen atoms in total. The molecule has 2 atom stereocenters. The average molecular weight is 320 g/mol. The molecular weight excluding hydrogens is 296 g/mol. The van der Waals surface area contributed by atoms with Crippen molar-refractivity contribution >= 4 is 0 Å². The Kier molecular flexibility index (Phi) is 4.72. The predicted molar refractivity (Wildman–Crippen MR) is 82.5 cm³/mol. The van der Waals surface area contributed by atoms with Crippen molar-refractivity contribution in [3.63, 3.8) is 0 Å². The summed E-state index contributed by atoms with van der Waals surface area (Å²) in [5.41, 5.74) is 0. The summed E-state index contributed by atoms with van der Waals surface area (Å²) in [5, 5.41) is 12.3. The molecule has 3 rings (SSSR count). The number of aryl methyl sites for hydroxylation is 1. The molecule has 2 aromatic rings. The van der Waals surface area contributed by atoms with E-state index in [1.807, 2.05) is 4.68 Å². The Bertz CT molecular complexity index is 637. The Morgan fingerprint density at radius 1 is 1.30 bits per heavy atom. The summed E-state index contributed by atoms with van der Waals surface area (Å²) in [6.07, 6.45) is 1.53. The van der Waals surface area contributed by atoms with E-state index in [9.17, 15) is 0 Å². The van der Waals surface area contributed by atoms with Crippen LogP contribution in [0.25, 0.3) is 0 Å². The SMILES string of the molecule is Cc1nnc([C@H]2CN(Cc3ncnn3CC(C)C)C[C@@H](C)O2)o1. The van der Waals surface area contributed by atoms with E-state index in [2.05, 4.69) is 46.0 Å². The van der Waals surface area contributed by atoms with Crippen LogP contribution in [0.4, 0.5) is 0 Å². The van der Waals surface area contributed by atoms with Crippen LogP contribution in [0.2, 0.25) is 0 Å². The third-order valence-electron chi connectivity index (χ3n) is 3.75. The number of ether oxygens (including phenoxy) is 1. The van der Waals surface area contributed by atoms with Crippen molar-refractivity contribution in [2.75, 3.05) is 13.1 Å². The lowest BCUT2D eigenvalue weighted by Gasteiger charge is -2.35. The van der Waals surface area contributed by atoms with Crippen molar-refractivity contribution in [2.45, 2.75) is 53.0 Å². The number of rotatable bonds is 5. The number of morpholine rings is 1. The topological polar surface area (TPSA) is 82.1 Å². The van der Waals surface area contributed by atoms with Crippen LogP contribution in [0, 0.1) is 12.8 Å². The van der Waals surface area contributed by atoms with Crippen molar-refractivity contribution in [3.8, 4) is 0 Å². The van der Waals surface area contributed by atoms with Crippen LogP contribution in [-0.4, -0.2) is 49.1 Å². The molecule has 1 fully saturated rings. The first kappa shape index (κ1) is 16.1. The van der Waals surface area contributed by atoms with Gasteiger partial charge in [0.15, 0.2) is 0 Å². The van der Waals surface area contributed by atoms with Gasteiger partial charge in [-0.15, -0.1) is 10.2 Å². The highest BCUT2D eigenvalue weighted by atomic mass is 16.5. The van der Waals surface area contributed by atoms with Gasteiger partial charge in [-0.3, -0.25) is 4.90 Å². The molecule has 23 heavy (non-hydrogen) atoms. The average Bonchev–Trinajstić information content (AvgIpc) is 3.07. The molecular formula is C15H24N6O2. The van der Waals surface area contributed by atoms with Crippen LogP contribution >= 0.6 is 0 Å². The van der Waals surface area contributed by atoms with Crippen molar-refractivity contribution < 1.29 is 9.15 Å².